The third-order valence-electron chi connectivity index (χ3n) is 5.42. The molecule has 1 amide bonds. The summed E-state index contributed by atoms with van der Waals surface area (Å²) in [6.45, 7) is 5.29. The van der Waals surface area contributed by atoms with E-state index >= 15 is 0 Å². The number of aliphatic hydroxyl groups is 3. The molecule has 182 valence electrons. The molecular weight excluding hydrogens is 462 g/mol. The van der Waals surface area contributed by atoms with Gasteiger partial charge in [-0.25, -0.2) is 4.79 Å². The average Bonchev–Trinajstić information content (AvgIpc) is 2.72. The van der Waals surface area contributed by atoms with Crippen molar-refractivity contribution in [3.8, 4) is 5.75 Å². The lowest BCUT2D eigenvalue weighted by molar-refractivity contribution is -0.286. The highest BCUT2D eigenvalue weighted by Crippen LogP contribution is 2.42. The zero-order chi connectivity index (χ0) is 24.6. The van der Waals surface area contributed by atoms with Gasteiger partial charge in [0.1, 0.15) is 18.3 Å². The number of hydrogen-bond acceptors (Lipinski definition) is 9. The van der Waals surface area contributed by atoms with Crippen LogP contribution in [0.15, 0.2) is 12.1 Å². The van der Waals surface area contributed by atoms with Gasteiger partial charge in [0.25, 0.3) is 5.91 Å². The number of ether oxygens (including phenoxy) is 3. The highest BCUT2D eigenvalue weighted by atomic mass is 35.5. The van der Waals surface area contributed by atoms with Crippen LogP contribution < -0.4 is 9.64 Å². The molecule has 6 atom stereocenters. The van der Waals surface area contributed by atoms with Crippen molar-refractivity contribution in [3.63, 3.8) is 0 Å². The summed E-state index contributed by atoms with van der Waals surface area (Å²) in [5.41, 5.74) is 1.17. The Morgan fingerprint density at radius 2 is 1.85 bits per heavy atom. The molecule has 1 saturated heterocycles. The van der Waals surface area contributed by atoms with Crippen LogP contribution in [0.3, 0.4) is 0 Å². The van der Waals surface area contributed by atoms with Gasteiger partial charge in [-0.2, -0.15) is 0 Å². The van der Waals surface area contributed by atoms with Crippen molar-refractivity contribution in [2.75, 3.05) is 11.4 Å². The predicted octanol–water partition coefficient (Wildman–Crippen LogP) is 0.224. The Bertz CT molecular complexity index is 938. The van der Waals surface area contributed by atoms with Crippen LogP contribution in [0.25, 0.3) is 0 Å². The number of aryl methyl sites for hydroxylation is 1. The molecule has 0 aliphatic carbocycles. The summed E-state index contributed by atoms with van der Waals surface area (Å²) in [6.07, 6.45) is -10.5. The number of fused-ring (bicyclic) bond motifs is 1. The number of carbonyl (C=O) groups is 3. The number of benzene rings is 1. The summed E-state index contributed by atoms with van der Waals surface area (Å²) in [7, 11) is 0. The number of carboxylic acid groups (broad SMARTS) is 1. The standard InChI is InChI=1S/C21H26ClNO10/c1-8(2)16-19(28)23(11-7-9(3)6-10(22)17(11)32-16)5-4-12(24)31-21-15(27)13(25)14(26)18(33-21)20(29)30/h6-8,13-16,18,21,25-27H,4-5H2,1-3H3,(H,29,30). The summed E-state index contributed by atoms with van der Waals surface area (Å²) in [6, 6.07) is 3.39. The topological polar surface area (TPSA) is 163 Å². The third-order valence-corrected chi connectivity index (χ3v) is 5.70. The van der Waals surface area contributed by atoms with E-state index in [0.717, 1.165) is 5.56 Å². The molecule has 12 heteroatoms. The van der Waals surface area contributed by atoms with Crippen LogP contribution in [0.4, 0.5) is 5.69 Å². The van der Waals surface area contributed by atoms with Gasteiger partial charge in [-0.05, 0) is 30.5 Å². The third kappa shape index (κ3) is 5.07. The van der Waals surface area contributed by atoms with Crippen molar-refractivity contribution < 1.29 is 49.0 Å². The molecule has 1 aromatic rings. The van der Waals surface area contributed by atoms with Crippen molar-refractivity contribution in [1.82, 2.24) is 0 Å². The highest BCUT2D eigenvalue weighted by molar-refractivity contribution is 6.33. The molecule has 33 heavy (non-hydrogen) atoms. The molecule has 11 nitrogen and oxygen atoms in total. The number of anilines is 1. The first kappa shape index (κ1) is 25.2. The van der Waals surface area contributed by atoms with E-state index in [0.29, 0.717) is 16.5 Å². The zero-order valence-corrected chi connectivity index (χ0v) is 18.9. The monoisotopic (exact) mass is 487 g/mol. The Kier molecular flexibility index (Phi) is 7.49. The lowest BCUT2D eigenvalue weighted by atomic mass is 9.99. The SMILES string of the molecule is Cc1cc(Cl)c2c(c1)N(CCC(=O)OC1OC(C(=O)O)C(O)C(O)C1O)C(=O)C(C(C)C)O2. The fourth-order valence-corrected chi connectivity index (χ4v) is 3.98. The predicted molar refractivity (Wildman–Crippen MR) is 113 cm³/mol. The van der Waals surface area contributed by atoms with Crippen LogP contribution in [-0.4, -0.2) is 81.6 Å². The molecule has 0 spiro atoms. The lowest BCUT2D eigenvalue weighted by Crippen LogP contribution is -2.60. The number of aliphatic hydroxyl groups excluding tert-OH is 3. The van der Waals surface area contributed by atoms with Crippen LogP contribution in [0.1, 0.15) is 25.8 Å². The molecule has 4 N–H and O–H groups in total. The van der Waals surface area contributed by atoms with Gasteiger partial charge in [-0.15, -0.1) is 0 Å². The Morgan fingerprint density at radius 1 is 1.18 bits per heavy atom. The number of carbonyl (C=O) groups excluding carboxylic acids is 2. The molecule has 2 heterocycles. The van der Waals surface area contributed by atoms with Crippen molar-refractivity contribution in [1.29, 1.82) is 0 Å². The maximum atomic E-state index is 13.0. The van der Waals surface area contributed by atoms with Gasteiger partial charge in [0, 0.05) is 6.54 Å². The summed E-state index contributed by atoms with van der Waals surface area (Å²) in [5, 5.41) is 39.0. The van der Waals surface area contributed by atoms with Crippen molar-refractivity contribution in [2.24, 2.45) is 5.92 Å². The fraction of sp³-hybridized carbons (Fsp3) is 0.571. The van der Waals surface area contributed by atoms with Gasteiger partial charge in [0.2, 0.25) is 6.29 Å². The van der Waals surface area contributed by atoms with Gasteiger partial charge in [-0.1, -0.05) is 25.4 Å². The van der Waals surface area contributed by atoms with Gasteiger partial charge in [0.15, 0.2) is 18.0 Å². The minimum Gasteiger partial charge on any atom is -0.479 e. The summed E-state index contributed by atoms with van der Waals surface area (Å²) >= 11 is 6.31. The Morgan fingerprint density at radius 3 is 2.45 bits per heavy atom. The Balaban J connectivity index is 1.74. The van der Waals surface area contributed by atoms with Gasteiger partial charge in [-0.3, -0.25) is 9.59 Å². The average molecular weight is 488 g/mol. The van der Waals surface area contributed by atoms with Crippen LogP contribution >= 0.6 is 11.6 Å². The highest BCUT2D eigenvalue weighted by Gasteiger charge is 2.48. The second-order valence-electron chi connectivity index (χ2n) is 8.34. The number of nitrogens with zero attached hydrogens (tertiary/aromatic N) is 1. The van der Waals surface area contributed by atoms with E-state index in [1.165, 1.54) is 4.90 Å². The number of amides is 1. The zero-order valence-electron chi connectivity index (χ0n) is 18.2. The number of halogens is 1. The van der Waals surface area contributed by atoms with Gasteiger partial charge < -0.3 is 39.5 Å². The first-order chi connectivity index (χ1) is 15.4. The van der Waals surface area contributed by atoms with Crippen molar-refractivity contribution >= 4 is 35.1 Å². The normalized spacial score (nSPS) is 29.5. The molecule has 0 radical (unpaired) electrons. The van der Waals surface area contributed by atoms with Crippen LogP contribution in [0.2, 0.25) is 5.02 Å². The van der Waals surface area contributed by atoms with E-state index in [1.54, 1.807) is 19.1 Å². The smallest absolute Gasteiger partial charge is 0.335 e. The van der Waals surface area contributed by atoms with E-state index < -0.39 is 48.7 Å². The minimum atomic E-state index is -1.91. The number of aliphatic carboxylic acids is 1. The minimum absolute atomic E-state index is 0.118. The molecule has 2 aliphatic heterocycles. The van der Waals surface area contributed by atoms with Gasteiger partial charge in [0.05, 0.1) is 17.1 Å². The van der Waals surface area contributed by atoms with E-state index in [4.69, 9.17) is 30.9 Å². The van der Waals surface area contributed by atoms with Gasteiger partial charge >= 0.3 is 11.9 Å². The number of carboxylic acids is 1. The molecule has 3 rings (SSSR count). The molecule has 0 saturated carbocycles. The maximum absolute atomic E-state index is 13.0. The Labute approximate surface area is 194 Å². The number of esters is 1. The first-order valence-corrected chi connectivity index (χ1v) is 10.7. The van der Waals surface area contributed by atoms with Crippen LogP contribution in [-0.2, 0) is 23.9 Å². The number of rotatable bonds is 6. The second kappa shape index (κ2) is 9.82. The molecular formula is C21H26ClNO10. The lowest BCUT2D eigenvalue weighted by Gasteiger charge is -2.38. The van der Waals surface area contributed by atoms with E-state index in [1.807, 2.05) is 13.8 Å². The first-order valence-electron chi connectivity index (χ1n) is 10.3. The van der Waals surface area contributed by atoms with Crippen LogP contribution in [0.5, 0.6) is 5.75 Å². The summed E-state index contributed by atoms with van der Waals surface area (Å²) < 4.78 is 15.8. The molecule has 0 aromatic heterocycles. The largest absolute Gasteiger partial charge is 0.479 e. The van der Waals surface area contributed by atoms with Crippen molar-refractivity contribution in [3.05, 3.63) is 22.7 Å². The molecule has 1 fully saturated rings. The van der Waals surface area contributed by atoms with E-state index in [-0.39, 0.29) is 24.8 Å². The summed E-state index contributed by atoms with van der Waals surface area (Å²) in [4.78, 5) is 38.0. The quantitative estimate of drug-likeness (QED) is 0.408. The Hall–Kier alpha value is -2.44. The number of hydrogen-bond donors (Lipinski definition) is 4. The van der Waals surface area contributed by atoms with Crippen LogP contribution in [0, 0.1) is 12.8 Å². The van der Waals surface area contributed by atoms with Crippen molar-refractivity contribution in [2.45, 2.75) is 64.0 Å². The molecule has 1 aromatic carbocycles. The molecule has 0 bridgehead atoms. The molecule has 2 aliphatic rings. The summed E-state index contributed by atoms with van der Waals surface area (Å²) in [5.74, 6) is -2.75. The second-order valence-corrected chi connectivity index (χ2v) is 8.75. The van der Waals surface area contributed by atoms with E-state index in [9.17, 15) is 29.7 Å². The molecule has 6 unspecified atom stereocenters. The van der Waals surface area contributed by atoms with E-state index in [2.05, 4.69) is 0 Å². The fourth-order valence-electron chi connectivity index (χ4n) is 3.67. The maximum Gasteiger partial charge on any atom is 0.335 e.